The van der Waals surface area contributed by atoms with Gasteiger partial charge in [-0.25, -0.2) is 0 Å². The van der Waals surface area contributed by atoms with Crippen molar-refractivity contribution < 1.29 is 25.9 Å². The van der Waals surface area contributed by atoms with E-state index in [1.165, 1.54) is 24.3 Å². The standard InChI is InChI=1S/C14H20N6O6S2/c1-2-7-15-12-18-13(16-8-9-27(21,22)23)20-14(19-12)17-10-3-5-11(6-4-10)28(24,25)26/h3-6H,2,7-9H2,1H3,(H,21,22,23)(H,24,25,26)(H3,15,16,17,18,19,20). The van der Waals surface area contributed by atoms with Gasteiger partial charge in [-0.2, -0.15) is 31.8 Å². The van der Waals surface area contributed by atoms with Crippen LogP contribution in [0.1, 0.15) is 13.3 Å². The molecule has 154 valence electrons. The first-order valence-electron chi connectivity index (χ1n) is 8.10. The molecule has 0 bridgehead atoms. The van der Waals surface area contributed by atoms with Crippen molar-refractivity contribution >= 4 is 43.8 Å². The molecule has 1 aromatic carbocycles. The van der Waals surface area contributed by atoms with E-state index in [2.05, 4.69) is 30.9 Å². The van der Waals surface area contributed by atoms with Crippen LogP contribution in [0.25, 0.3) is 0 Å². The first kappa shape index (κ1) is 21.7. The van der Waals surface area contributed by atoms with Gasteiger partial charge in [-0.1, -0.05) is 6.92 Å². The molecule has 1 aromatic heterocycles. The van der Waals surface area contributed by atoms with E-state index >= 15 is 0 Å². The topological polar surface area (TPSA) is 184 Å². The first-order valence-corrected chi connectivity index (χ1v) is 11.2. The van der Waals surface area contributed by atoms with Crippen molar-refractivity contribution in [2.24, 2.45) is 0 Å². The van der Waals surface area contributed by atoms with Crippen molar-refractivity contribution in [1.29, 1.82) is 0 Å². The predicted molar refractivity (Wildman–Crippen MR) is 103 cm³/mol. The maximum atomic E-state index is 11.1. The molecule has 2 aromatic rings. The molecule has 0 saturated carbocycles. The van der Waals surface area contributed by atoms with E-state index < -0.39 is 26.0 Å². The van der Waals surface area contributed by atoms with Crippen molar-refractivity contribution in [3.8, 4) is 0 Å². The van der Waals surface area contributed by atoms with Crippen LogP contribution in [0.2, 0.25) is 0 Å². The Labute approximate surface area is 162 Å². The number of nitrogens with zero attached hydrogens (tertiary/aromatic N) is 3. The van der Waals surface area contributed by atoms with E-state index in [-0.39, 0.29) is 29.3 Å². The molecule has 0 aliphatic heterocycles. The van der Waals surface area contributed by atoms with Crippen molar-refractivity contribution in [2.45, 2.75) is 18.2 Å². The minimum atomic E-state index is -4.30. The second-order valence-electron chi connectivity index (χ2n) is 5.57. The van der Waals surface area contributed by atoms with Crippen molar-refractivity contribution in [3.63, 3.8) is 0 Å². The Bertz CT molecular complexity index is 1010. The van der Waals surface area contributed by atoms with Gasteiger partial charge in [0.1, 0.15) is 0 Å². The van der Waals surface area contributed by atoms with Crippen molar-refractivity contribution in [2.75, 3.05) is 34.8 Å². The summed E-state index contributed by atoms with van der Waals surface area (Å²) in [5.74, 6) is -0.0869. The van der Waals surface area contributed by atoms with Gasteiger partial charge < -0.3 is 16.0 Å². The molecule has 14 heteroatoms. The van der Waals surface area contributed by atoms with Gasteiger partial charge in [0.05, 0.1) is 10.6 Å². The summed E-state index contributed by atoms with van der Waals surface area (Å²) in [5, 5.41) is 8.51. The summed E-state index contributed by atoms with van der Waals surface area (Å²) in [6.07, 6.45) is 0.817. The van der Waals surface area contributed by atoms with E-state index in [1.807, 2.05) is 6.92 Å². The highest BCUT2D eigenvalue weighted by Gasteiger charge is 2.11. The highest BCUT2D eigenvalue weighted by atomic mass is 32.2. The molecule has 0 aliphatic rings. The average Bonchev–Trinajstić information content (AvgIpc) is 2.58. The number of aromatic nitrogens is 3. The van der Waals surface area contributed by atoms with Crippen molar-refractivity contribution in [3.05, 3.63) is 24.3 Å². The zero-order chi connectivity index (χ0) is 20.8. The third-order valence-electron chi connectivity index (χ3n) is 3.22. The Morgan fingerprint density at radius 1 is 0.857 bits per heavy atom. The molecule has 0 radical (unpaired) electrons. The zero-order valence-corrected chi connectivity index (χ0v) is 16.5. The van der Waals surface area contributed by atoms with Crippen LogP contribution in [0.4, 0.5) is 23.5 Å². The fraction of sp³-hybridized carbons (Fsp3) is 0.357. The number of benzene rings is 1. The number of nitrogens with one attached hydrogen (secondary N) is 3. The van der Waals surface area contributed by atoms with Gasteiger partial charge in [-0.05, 0) is 30.7 Å². The predicted octanol–water partition coefficient (Wildman–Crippen LogP) is 0.983. The molecule has 0 amide bonds. The minimum Gasteiger partial charge on any atom is -0.354 e. The molecular formula is C14H20N6O6S2. The average molecular weight is 432 g/mol. The first-order chi connectivity index (χ1) is 13.1. The van der Waals surface area contributed by atoms with Crippen LogP contribution in [0, 0.1) is 0 Å². The minimum absolute atomic E-state index is 0.0781. The summed E-state index contributed by atoms with van der Waals surface area (Å²) in [4.78, 5) is 12.1. The maximum Gasteiger partial charge on any atom is 0.294 e. The largest absolute Gasteiger partial charge is 0.354 e. The molecule has 0 saturated heterocycles. The SMILES string of the molecule is CCCNc1nc(NCCS(=O)(=O)O)nc(Nc2ccc(S(=O)(=O)O)cc2)n1. The molecule has 5 N–H and O–H groups in total. The molecule has 0 spiro atoms. The third kappa shape index (κ3) is 7.22. The summed E-state index contributed by atoms with van der Waals surface area (Å²) in [6, 6.07) is 5.25. The Morgan fingerprint density at radius 2 is 1.39 bits per heavy atom. The van der Waals surface area contributed by atoms with Crippen LogP contribution in [0.3, 0.4) is 0 Å². The molecule has 1 heterocycles. The van der Waals surface area contributed by atoms with E-state index in [0.29, 0.717) is 12.2 Å². The molecule has 0 unspecified atom stereocenters. The molecule has 28 heavy (non-hydrogen) atoms. The van der Waals surface area contributed by atoms with Crippen LogP contribution in [-0.2, 0) is 20.2 Å². The van der Waals surface area contributed by atoms with E-state index in [4.69, 9.17) is 9.11 Å². The van der Waals surface area contributed by atoms with Crippen LogP contribution < -0.4 is 16.0 Å². The van der Waals surface area contributed by atoms with Gasteiger partial charge in [0.2, 0.25) is 17.8 Å². The van der Waals surface area contributed by atoms with E-state index in [1.54, 1.807) is 0 Å². The highest BCUT2D eigenvalue weighted by Crippen LogP contribution is 2.18. The third-order valence-corrected chi connectivity index (χ3v) is 4.81. The molecule has 0 aliphatic carbocycles. The Kier molecular flexibility index (Phi) is 7.06. The molecule has 2 rings (SSSR count). The summed E-state index contributed by atoms with van der Waals surface area (Å²) in [5.41, 5.74) is 0.448. The fourth-order valence-corrected chi connectivity index (χ4v) is 2.80. The van der Waals surface area contributed by atoms with Crippen LogP contribution in [0.5, 0.6) is 0 Å². The maximum absolute atomic E-state index is 11.1. The van der Waals surface area contributed by atoms with Gasteiger partial charge in [0.15, 0.2) is 0 Å². The van der Waals surface area contributed by atoms with Crippen molar-refractivity contribution in [1.82, 2.24) is 15.0 Å². The van der Waals surface area contributed by atoms with Gasteiger partial charge in [-0.3, -0.25) is 9.11 Å². The number of anilines is 4. The Hall–Kier alpha value is -2.55. The molecule has 0 fully saturated rings. The lowest BCUT2D eigenvalue weighted by Gasteiger charge is -2.11. The molecule has 12 nitrogen and oxygen atoms in total. The van der Waals surface area contributed by atoms with Crippen LogP contribution >= 0.6 is 0 Å². The second kappa shape index (κ2) is 9.09. The fourth-order valence-electron chi connectivity index (χ4n) is 1.96. The summed E-state index contributed by atoms with van der Waals surface area (Å²) in [6.45, 7) is 2.44. The highest BCUT2D eigenvalue weighted by molar-refractivity contribution is 7.86. The summed E-state index contributed by atoms with van der Waals surface area (Å²) < 4.78 is 61.6. The second-order valence-corrected chi connectivity index (χ2v) is 8.56. The molecule has 0 atom stereocenters. The summed E-state index contributed by atoms with van der Waals surface area (Å²) in [7, 11) is -8.42. The van der Waals surface area contributed by atoms with Crippen LogP contribution in [0.15, 0.2) is 29.2 Å². The van der Waals surface area contributed by atoms with Crippen LogP contribution in [-0.4, -0.2) is 59.7 Å². The number of hydrogen-bond acceptors (Lipinski definition) is 10. The monoisotopic (exact) mass is 432 g/mol. The lowest BCUT2D eigenvalue weighted by molar-refractivity contribution is 0.481. The smallest absolute Gasteiger partial charge is 0.294 e. The normalized spacial score (nSPS) is 11.8. The Morgan fingerprint density at radius 3 is 1.89 bits per heavy atom. The summed E-state index contributed by atoms with van der Waals surface area (Å²) >= 11 is 0. The van der Waals surface area contributed by atoms with E-state index in [0.717, 1.165) is 6.42 Å². The Balaban J connectivity index is 2.20. The number of rotatable bonds is 10. The lowest BCUT2D eigenvalue weighted by Crippen LogP contribution is -2.17. The van der Waals surface area contributed by atoms with Gasteiger partial charge in [0, 0.05) is 18.8 Å². The number of hydrogen-bond donors (Lipinski definition) is 5. The van der Waals surface area contributed by atoms with Gasteiger partial charge in [-0.15, -0.1) is 0 Å². The quantitative estimate of drug-likeness (QED) is 0.336. The van der Waals surface area contributed by atoms with Gasteiger partial charge in [0.25, 0.3) is 20.2 Å². The zero-order valence-electron chi connectivity index (χ0n) is 14.8. The lowest BCUT2D eigenvalue weighted by atomic mass is 10.3. The van der Waals surface area contributed by atoms with Gasteiger partial charge >= 0.3 is 0 Å². The van der Waals surface area contributed by atoms with E-state index in [9.17, 15) is 16.8 Å². The molecular weight excluding hydrogens is 412 g/mol.